The second-order valence-corrected chi connectivity index (χ2v) is 2.57. The van der Waals surface area contributed by atoms with Crippen LogP contribution in [-0.2, 0) is 19.1 Å². The van der Waals surface area contributed by atoms with Gasteiger partial charge in [-0.1, -0.05) is 0 Å². The number of nitrogens with one attached hydrogen (secondary N) is 1. The molecule has 76 valence electrons. The second kappa shape index (κ2) is 5.77. The Kier molecular flexibility index (Phi) is 5.41. The summed E-state index contributed by atoms with van der Waals surface area (Å²) in [6.07, 6.45) is 0.289. The zero-order valence-corrected chi connectivity index (χ0v) is 8.00. The van der Waals surface area contributed by atoms with Crippen LogP contribution in [0.4, 0.5) is 0 Å². The number of methoxy groups -OCH3 is 1. The Labute approximate surface area is 82.2 Å². The topological polar surface area (TPSA) is 64.6 Å². The first-order chi connectivity index (χ1) is 5.77. The highest BCUT2D eigenvalue weighted by atomic mass is 35.5. The van der Waals surface area contributed by atoms with E-state index in [9.17, 15) is 9.59 Å². The summed E-state index contributed by atoms with van der Waals surface area (Å²) in [5.41, 5.74) is 0. The Morgan fingerprint density at radius 2 is 2.31 bits per heavy atom. The van der Waals surface area contributed by atoms with Crippen LogP contribution in [0.3, 0.4) is 0 Å². The number of hydrogen-bond acceptors (Lipinski definition) is 5. The fourth-order valence-electron chi connectivity index (χ4n) is 1.21. The predicted octanol–water partition coefficient (Wildman–Crippen LogP) is -0.515. The van der Waals surface area contributed by atoms with Gasteiger partial charge in [-0.25, -0.2) is 0 Å². The molecule has 0 radical (unpaired) electrons. The molecule has 5 nitrogen and oxygen atoms in total. The summed E-state index contributed by atoms with van der Waals surface area (Å²) in [5.74, 6) is -0.313. The monoisotopic (exact) mass is 209 g/mol. The Hall–Kier alpha value is -0.810. The second-order valence-electron chi connectivity index (χ2n) is 2.57. The highest BCUT2D eigenvalue weighted by Crippen LogP contribution is 2.10. The van der Waals surface area contributed by atoms with Crippen molar-refractivity contribution in [3.8, 4) is 0 Å². The van der Waals surface area contributed by atoms with E-state index >= 15 is 0 Å². The molecule has 2 atom stereocenters. The Morgan fingerprint density at radius 3 is 2.85 bits per heavy atom. The summed E-state index contributed by atoms with van der Waals surface area (Å²) in [4.78, 5) is 20.9. The first-order valence-electron chi connectivity index (χ1n) is 3.68. The van der Waals surface area contributed by atoms with Gasteiger partial charge in [0.2, 0.25) is 0 Å². The molecule has 13 heavy (non-hydrogen) atoms. The molecule has 6 heteroatoms. The maximum absolute atomic E-state index is 10.9. The van der Waals surface area contributed by atoms with Gasteiger partial charge in [-0.05, 0) is 0 Å². The van der Waals surface area contributed by atoms with Crippen molar-refractivity contribution in [3.05, 3.63) is 0 Å². The van der Waals surface area contributed by atoms with Crippen molar-refractivity contribution in [3.63, 3.8) is 0 Å². The van der Waals surface area contributed by atoms with E-state index in [0.717, 1.165) is 0 Å². The Morgan fingerprint density at radius 1 is 1.62 bits per heavy atom. The molecular weight excluding hydrogens is 198 g/mol. The maximum atomic E-state index is 10.9. The van der Waals surface area contributed by atoms with Crippen molar-refractivity contribution < 1.29 is 19.1 Å². The maximum Gasteiger partial charge on any atom is 0.323 e. The molecule has 0 aliphatic carbocycles. The van der Waals surface area contributed by atoms with Gasteiger partial charge < -0.3 is 14.8 Å². The number of esters is 1. The van der Waals surface area contributed by atoms with Gasteiger partial charge in [0.1, 0.15) is 12.1 Å². The van der Waals surface area contributed by atoms with Crippen molar-refractivity contribution in [1.29, 1.82) is 0 Å². The van der Waals surface area contributed by atoms with E-state index in [2.05, 4.69) is 14.8 Å². The van der Waals surface area contributed by atoms with E-state index in [0.29, 0.717) is 19.4 Å². The number of hydrogen-bond donors (Lipinski definition) is 1. The molecular formula is C7H12ClNO4. The molecule has 0 aromatic heterocycles. The van der Waals surface area contributed by atoms with Gasteiger partial charge in [0.15, 0.2) is 0 Å². The van der Waals surface area contributed by atoms with E-state index in [-0.39, 0.29) is 30.5 Å². The lowest BCUT2D eigenvalue weighted by atomic mass is 10.2. The molecule has 1 unspecified atom stereocenters. The van der Waals surface area contributed by atoms with Crippen molar-refractivity contribution in [2.75, 3.05) is 13.7 Å². The number of carbonyl (C=O) groups excluding carboxylic acids is 2. The van der Waals surface area contributed by atoms with Crippen LogP contribution in [0.2, 0.25) is 0 Å². The van der Waals surface area contributed by atoms with Gasteiger partial charge in [0.05, 0.1) is 7.11 Å². The molecule has 1 aliphatic heterocycles. The molecule has 0 aromatic carbocycles. The number of halogens is 1. The molecule has 1 fully saturated rings. The standard InChI is InChI=1S/C7H11NO4.ClH/c1-11-7(10)6-2-5(3-8-6)12-4-9;/h4-6,8H,2-3H2,1H3;1H/t5?,6-;/m0./s1. The van der Waals surface area contributed by atoms with E-state index in [1.807, 2.05) is 0 Å². The van der Waals surface area contributed by atoms with Crippen LogP contribution in [0.15, 0.2) is 0 Å². The molecule has 0 saturated carbocycles. The van der Waals surface area contributed by atoms with Crippen LogP contribution in [-0.4, -0.2) is 38.2 Å². The fraction of sp³-hybridized carbons (Fsp3) is 0.714. The van der Waals surface area contributed by atoms with E-state index in [4.69, 9.17) is 0 Å². The highest BCUT2D eigenvalue weighted by molar-refractivity contribution is 5.85. The molecule has 0 aromatic rings. The minimum absolute atomic E-state index is 0. The van der Waals surface area contributed by atoms with Crippen LogP contribution in [0.5, 0.6) is 0 Å². The molecule has 1 saturated heterocycles. The van der Waals surface area contributed by atoms with Gasteiger partial charge >= 0.3 is 5.97 Å². The van der Waals surface area contributed by atoms with Crippen LogP contribution < -0.4 is 5.32 Å². The SMILES string of the molecule is COC(=O)[C@@H]1CC(OC=O)CN1.Cl. The minimum atomic E-state index is -0.333. The molecule has 1 heterocycles. The van der Waals surface area contributed by atoms with Gasteiger partial charge in [0, 0.05) is 13.0 Å². The molecule has 1 N–H and O–H groups in total. The first-order valence-corrected chi connectivity index (χ1v) is 3.68. The summed E-state index contributed by atoms with van der Waals surface area (Å²) >= 11 is 0. The number of rotatable bonds is 3. The van der Waals surface area contributed by atoms with Crippen LogP contribution in [0.1, 0.15) is 6.42 Å². The van der Waals surface area contributed by atoms with Gasteiger partial charge in [-0.2, -0.15) is 0 Å². The van der Waals surface area contributed by atoms with Crippen molar-refractivity contribution >= 4 is 24.8 Å². The van der Waals surface area contributed by atoms with Gasteiger partial charge in [-0.3, -0.25) is 9.59 Å². The lowest BCUT2D eigenvalue weighted by Crippen LogP contribution is -2.31. The van der Waals surface area contributed by atoms with Gasteiger partial charge in [0.25, 0.3) is 6.47 Å². The summed E-state index contributed by atoms with van der Waals surface area (Å²) in [6, 6.07) is -0.333. The summed E-state index contributed by atoms with van der Waals surface area (Å²) in [5, 5.41) is 2.88. The van der Waals surface area contributed by atoms with Crippen LogP contribution in [0.25, 0.3) is 0 Å². The lowest BCUT2D eigenvalue weighted by molar-refractivity contribution is -0.143. The van der Waals surface area contributed by atoms with Gasteiger partial charge in [-0.15, -0.1) is 12.4 Å². The smallest absolute Gasteiger partial charge is 0.323 e. The van der Waals surface area contributed by atoms with Crippen LogP contribution >= 0.6 is 12.4 Å². The average Bonchev–Trinajstić information content (AvgIpc) is 2.52. The number of carbonyl (C=O) groups is 2. The largest absolute Gasteiger partial charge is 0.468 e. The quantitative estimate of drug-likeness (QED) is 0.501. The Balaban J connectivity index is 0.00000144. The zero-order valence-electron chi connectivity index (χ0n) is 7.19. The molecule has 0 spiro atoms. The van der Waals surface area contributed by atoms with E-state index in [1.165, 1.54) is 7.11 Å². The van der Waals surface area contributed by atoms with Crippen molar-refractivity contribution in [1.82, 2.24) is 5.32 Å². The van der Waals surface area contributed by atoms with Crippen LogP contribution in [0, 0.1) is 0 Å². The highest BCUT2D eigenvalue weighted by Gasteiger charge is 2.30. The van der Waals surface area contributed by atoms with Crippen molar-refractivity contribution in [2.24, 2.45) is 0 Å². The zero-order chi connectivity index (χ0) is 8.97. The number of ether oxygens (including phenoxy) is 2. The normalized spacial score (nSPS) is 25.9. The third-order valence-electron chi connectivity index (χ3n) is 1.82. The predicted molar refractivity (Wildman–Crippen MR) is 46.6 cm³/mol. The molecule has 0 amide bonds. The average molecular weight is 210 g/mol. The third-order valence-corrected chi connectivity index (χ3v) is 1.82. The van der Waals surface area contributed by atoms with E-state index < -0.39 is 0 Å². The van der Waals surface area contributed by atoms with Crippen molar-refractivity contribution in [2.45, 2.75) is 18.6 Å². The summed E-state index contributed by atoms with van der Waals surface area (Å²) in [7, 11) is 1.33. The first kappa shape index (κ1) is 12.2. The minimum Gasteiger partial charge on any atom is -0.468 e. The summed E-state index contributed by atoms with van der Waals surface area (Å²) in [6.45, 7) is 0.907. The fourth-order valence-corrected chi connectivity index (χ4v) is 1.21. The molecule has 1 rings (SSSR count). The molecule has 0 bridgehead atoms. The Bertz CT molecular complexity index is 187. The summed E-state index contributed by atoms with van der Waals surface area (Å²) < 4.78 is 9.19. The third kappa shape index (κ3) is 3.20. The lowest BCUT2D eigenvalue weighted by Gasteiger charge is -2.06. The molecule has 1 aliphatic rings. The van der Waals surface area contributed by atoms with E-state index in [1.54, 1.807) is 0 Å².